The van der Waals surface area contributed by atoms with Crippen LogP contribution in [0.2, 0.25) is 5.02 Å². The van der Waals surface area contributed by atoms with Gasteiger partial charge in [-0.15, -0.1) is 0 Å². The number of nitrogens with zero attached hydrogens (tertiary/aromatic N) is 1. The van der Waals surface area contributed by atoms with Gasteiger partial charge in [0.05, 0.1) is 7.11 Å². The summed E-state index contributed by atoms with van der Waals surface area (Å²) in [4.78, 5) is 24.6. The number of likely N-dealkylation sites (N-methyl/N-ethyl adjacent to an activating group) is 1. The van der Waals surface area contributed by atoms with E-state index in [1.165, 1.54) is 14.2 Å². The van der Waals surface area contributed by atoms with Crippen molar-refractivity contribution in [1.29, 1.82) is 0 Å². The van der Waals surface area contributed by atoms with Crippen molar-refractivity contribution in [3.63, 3.8) is 0 Å². The van der Waals surface area contributed by atoms with Crippen LogP contribution >= 0.6 is 11.6 Å². The van der Waals surface area contributed by atoms with Crippen molar-refractivity contribution < 1.29 is 24.2 Å². The van der Waals surface area contributed by atoms with Crippen LogP contribution in [-0.4, -0.2) is 48.2 Å². The van der Waals surface area contributed by atoms with Crippen LogP contribution in [0.25, 0.3) is 0 Å². The van der Waals surface area contributed by atoms with Crippen molar-refractivity contribution in [3.05, 3.63) is 58.1 Å². The Kier molecular flexibility index (Phi) is 5.52. The molecular formula is C21H22ClNO5. The number of amides is 1. The van der Waals surface area contributed by atoms with E-state index in [0.717, 1.165) is 16.0 Å². The highest BCUT2D eigenvalue weighted by Gasteiger charge is 2.37. The lowest BCUT2D eigenvalue weighted by Crippen LogP contribution is -2.33. The van der Waals surface area contributed by atoms with Crippen LogP contribution in [0.1, 0.15) is 28.4 Å². The number of hydrogen-bond acceptors (Lipinski definition) is 4. The van der Waals surface area contributed by atoms with Gasteiger partial charge in [0.15, 0.2) is 11.5 Å². The van der Waals surface area contributed by atoms with Gasteiger partial charge in [0.2, 0.25) is 0 Å². The number of fused-ring (bicyclic) bond motifs is 1. The number of halogens is 1. The minimum Gasteiger partial charge on any atom is -0.493 e. The van der Waals surface area contributed by atoms with Crippen LogP contribution in [0.15, 0.2) is 36.4 Å². The molecule has 7 heteroatoms. The van der Waals surface area contributed by atoms with E-state index in [2.05, 4.69) is 0 Å². The van der Waals surface area contributed by atoms with Crippen molar-refractivity contribution in [3.8, 4) is 11.5 Å². The lowest BCUT2D eigenvalue weighted by molar-refractivity contribution is -0.137. The van der Waals surface area contributed by atoms with Gasteiger partial charge in [-0.3, -0.25) is 9.59 Å². The summed E-state index contributed by atoms with van der Waals surface area (Å²) in [6.45, 7) is 1.64. The maximum absolute atomic E-state index is 12.6. The van der Waals surface area contributed by atoms with E-state index < -0.39 is 11.6 Å². The molecule has 2 aromatic rings. The number of hydrogen-bond donors (Lipinski definition) is 1. The van der Waals surface area contributed by atoms with Gasteiger partial charge in [0, 0.05) is 36.0 Å². The summed E-state index contributed by atoms with van der Waals surface area (Å²) in [6, 6.07) is 11.0. The molecule has 0 saturated carbocycles. The molecule has 1 amide bonds. The fourth-order valence-corrected chi connectivity index (χ4v) is 3.62. The Labute approximate surface area is 168 Å². The summed E-state index contributed by atoms with van der Waals surface area (Å²) in [5.74, 6) is -0.363. The third-order valence-electron chi connectivity index (χ3n) is 4.72. The van der Waals surface area contributed by atoms with Crippen LogP contribution in [-0.2, 0) is 17.6 Å². The molecule has 1 N–H and O–H groups in total. The normalized spacial score (nSPS) is 17.6. The fourth-order valence-electron chi connectivity index (χ4n) is 3.50. The molecule has 1 aliphatic heterocycles. The van der Waals surface area contributed by atoms with Gasteiger partial charge >= 0.3 is 5.97 Å². The van der Waals surface area contributed by atoms with E-state index in [-0.39, 0.29) is 12.5 Å². The lowest BCUT2D eigenvalue weighted by Gasteiger charge is -2.24. The monoisotopic (exact) mass is 403 g/mol. The molecule has 148 valence electrons. The Balaban J connectivity index is 1.86. The number of carboxylic acids is 1. The average molecular weight is 404 g/mol. The number of aliphatic carboxylic acids is 1. The first-order valence-electron chi connectivity index (χ1n) is 8.82. The number of methoxy groups -OCH3 is 1. The highest BCUT2D eigenvalue weighted by atomic mass is 35.5. The van der Waals surface area contributed by atoms with Crippen molar-refractivity contribution >= 4 is 23.5 Å². The van der Waals surface area contributed by atoms with E-state index in [1.807, 2.05) is 31.2 Å². The zero-order chi connectivity index (χ0) is 20.5. The van der Waals surface area contributed by atoms with Gasteiger partial charge in [-0.05, 0) is 36.8 Å². The highest BCUT2D eigenvalue weighted by molar-refractivity contribution is 6.30. The van der Waals surface area contributed by atoms with E-state index in [1.54, 1.807) is 12.1 Å². The van der Waals surface area contributed by atoms with Gasteiger partial charge in [-0.25, -0.2) is 0 Å². The van der Waals surface area contributed by atoms with Gasteiger partial charge in [0.1, 0.15) is 12.1 Å². The minimum atomic E-state index is -1.07. The molecule has 1 aliphatic rings. The zero-order valence-corrected chi connectivity index (χ0v) is 16.7. The van der Waals surface area contributed by atoms with Crippen LogP contribution in [0.3, 0.4) is 0 Å². The van der Waals surface area contributed by atoms with Crippen LogP contribution in [0.5, 0.6) is 11.5 Å². The molecule has 0 aliphatic carbocycles. The van der Waals surface area contributed by atoms with Gasteiger partial charge < -0.3 is 19.5 Å². The predicted molar refractivity (Wildman–Crippen MR) is 105 cm³/mol. The Morgan fingerprint density at radius 3 is 2.57 bits per heavy atom. The first-order chi connectivity index (χ1) is 13.2. The summed E-state index contributed by atoms with van der Waals surface area (Å²) in [5.41, 5.74) is 1.84. The Bertz CT molecular complexity index is 912. The quantitative estimate of drug-likeness (QED) is 0.799. The molecule has 0 aromatic heterocycles. The second-order valence-electron chi connectivity index (χ2n) is 7.25. The molecule has 0 unspecified atom stereocenters. The maximum Gasteiger partial charge on any atom is 0.323 e. The number of carbonyl (C=O) groups excluding carboxylic acids is 1. The van der Waals surface area contributed by atoms with Gasteiger partial charge in [0.25, 0.3) is 5.91 Å². The third-order valence-corrected chi connectivity index (χ3v) is 4.97. The molecule has 6 nitrogen and oxygen atoms in total. The maximum atomic E-state index is 12.6. The zero-order valence-electron chi connectivity index (χ0n) is 16.0. The number of ether oxygens (including phenoxy) is 2. The van der Waals surface area contributed by atoms with E-state index in [4.69, 9.17) is 26.2 Å². The van der Waals surface area contributed by atoms with Crippen molar-refractivity contribution in [2.75, 3.05) is 20.7 Å². The van der Waals surface area contributed by atoms with Crippen LogP contribution in [0.4, 0.5) is 0 Å². The third kappa shape index (κ3) is 4.22. The molecular weight excluding hydrogens is 382 g/mol. The first-order valence-corrected chi connectivity index (χ1v) is 9.20. The van der Waals surface area contributed by atoms with Crippen molar-refractivity contribution in [2.24, 2.45) is 0 Å². The number of rotatable bonds is 6. The number of carboxylic acid groups (broad SMARTS) is 1. The van der Waals surface area contributed by atoms with Crippen LogP contribution in [0, 0.1) is 0 Å². The fraction of sp³-hybridized carbons (Fsp3) is 0.333. The van der Waals surface area contributed by atoms with E-state index >= 15 is 0 Å². The summed E-state index contributed by atoms with van der Waals surface area (Å²) >= 11 is 5.96. The molecule has 2 aromatic carbocycles. The predicted octanol–water partition coefficient (Wildman–Crippen LogP) is 3.44. The van der Waals surface area contributed by atoms with Crippen LogP contribution < -0.4 is 9.47 Å². The topological polar surface area (TPSA) is 76.1 Å². The summed E-state index contributed by atoms with van der Waals surface area (Å²) in [6.07, 6.45) is 1.27. The Morgan fingerprint density at radius 1 is 1.29 bits per heavy atom. The van der Waals surface area contributed by atoms with E-state index in [9.17, 15) is 9.59 Å². The molecule has 0 fully saturated rings. The molecule has 0 saturated heterocycles. The van der Waals surface area contributed by atoms with Gasteiger partial charge in [-0.2, -0.15) is 0 Å². The lowest BCUT2D eigenvalue weighted by atomic mass is 9.91. The smallest absolute Gasteiger partial charge is 0.323 e. The van der Waals surface area contributed by atoms with Gasteiger partial charge in [-0.1, -0.05) is 23.7 Å². The van der Waals surface area contributed by atoms with Crippen molar-refractivity contribution in [1.82, 2.24) is 4.90 Å². The molecule has 0 bridgehead atoms. The Morgan fingerprint density at radius 2 is 1.96 bits per heavy atom. The first kappa shape index (κ1) is 20.0. The number of benzene rings is 2. The highest BCUT2D eigenvalue weighted by Crippen LogP contribution is 2.44. The summed E-state index contributed by atoms with van der Waals surface area (Å²) < 4.78 is 11.7. The second kappa shape index (κ2) is 7.72. The molecule has 0 radical (unpaired) electrons. The van der Waals surface area contributed by atoms with E-state index in [0.29, 0.717) is 34.9 Å². The summed E-state index contributed by atoms with van der Waals surface area (Å²) in [5, 5.41) is 9.59. The molecule has 1 heterocycles. The molecule has 28 heavy (non-hydrogen) atoms. The minimum absolute atomic E-state index is 0.372. The largest absolute Gasteiger partial charge is 0.493 e. The average Bonchev–Trinajstić information content (AvgIpc) is 2.97. The van der Waals surface area contributed by atoms with Crippen molar-refractivity contribution in [2.45, 2.75) is 25.4 Å². The SMILES string of the molecule is COc1cc(C(=O)N(C)CC(=O)O)cc2c1O[C@@](C)(Cc1ccc(Cl)cc1)C2. The summed E-state index contributed by atoms with van der Waals surface area (Å²) in [7, 11) is 2.97. The molecule has 3 rings (SSSR count). The molecule has 0 spiro atoms. The molecule has 1 atom stereocenters. The number of carbonyl (C=O) groups is 2. The standard InChI is InChI=1S/C21H22ClNO5/c1-21(10-13-4-6-16(22)7-5-13)11-15-8-14(9-17(27-3)19(15)28-21)20(26)23(2)12-18(24)25/h4-9H,10-12H2,1-3H3,(H,24,25)/t21-/m0/s1. The second-order valence-corrected chi connectivity index (χ2v) is 7.69. The Hall–Kier alpha value is -2.73.